The first-order valence-corrected chi connectivity index (χ1v) is 30.8. The second-order valence-electron chi connectivity index (χ2n) is 27.4. The molecule has 3 spiro atoms. The number of carbonyl (C=O) groups excluding carboxylic acids is 1. The average Bonchev–Trinajstić information content (AvgIpc) is 2.72. The van der Waals surface area contributed by atoms with Crippen LogP contribution in [0.2, 0.25) is 0 Å². The van der Waals surface area contributed by atoms with Crippen LogP contribution in [0, 0.1) is 5.92 Å². The summed E-state index contributed by atoms with van der Waals surface area (Å²) in [6.07, 6.45) is -5.54. The summed E-state index contributed by atoms with van der Waals surface area (Å²) in [5.41, 5.74) is 29.8. The second kappa shape index (κ2) is 20.8. The first-order chi connectivity index (χ1) is 39.2. The largest absolute Gasteiger partial charge is 0.458 e. The van der Waals surface area contributed by atoms with E-state index in [1.54, 1.807) is 0 Å². The standard InChI is InChI=1S/C58H86N4O20/c1-23-10-28-8-9-55-22-58(66,67)54(82-55)48-25(3)47(80-55)53-34(73-48)7-5-27(70-53)12-45(65)76-52-40(13-35-24(2)29(59)11-26(69-35)4-6-33(23)68-28)72-41-16-39-43(75-51(41)46(52)62)19-57(77-39)20-44-50(81-57)31(61)18-56(79-44)17-30(60)49-42(78-56)15-37-38(74-49)14-36(71-37)32(64)21-63/h25-44,46-54,63-64,66-67H,1-2,4-22,59-62H2,3H3/t25-,26-,27+,28-,29+,30-,31-,32-,33-,34-,35+,36-,37+,38+,39+,40-,41-,42-,43+,44-,46-,47+,48+,49-,50-,51+,52-,53-,54?,55+,56+,57-/m0/s1. The Morgan fingerprint density at radius 3 is 2.05 bits per heavy atom. The molecule has 0 amide bonds. The van der Waals surface area contributed by atoms with Gasteiger partial charge in [0.2, 0.25) is 0 Å². The van der Waals surface area contributed by atoms with E-state index in [4.69, 9.17) is 94.0 Å². The molecule has 15 fully saturated rings. The average molecular weight is 1160 g/mol. The molecule has 0 aromatic rings. The van der Waals surface area contributed by atoms with Crippen molar-refractivity contribution in [2.24, 2.45) is 28.9 Å². The van der Waals surface area contributed by atoms with Crippen molar-refractivity contribution in [1.29, 1.82) is 0 Å². The lowest BCUT2D eigenvalue weighted by Gasteiger charge is -2.54. The van der Waals surface area contributed by atoms with Gasteiger partial charge in [0.05, 0.1) is 135 Å². The monoisotopic (exact) mass is 1160 g/mol. The smallest absolute Gasteiger partial charge is 0.308 e. The Hall–Kier alpha value is -1.93. The third-order valence-corrected chi connectivity index (χ3v) is 21.8. The zero-order valence-electron chi connectivity index (χ0n) is 46.7. The molecule has 0 radical (unpaired) electrons. The van der Waals surface area contributed by atoms with Crippen LogP contribution in [0.3, 0.4) is 0 Å². The van der Waals surface area contributed by atoms with Crippen LogP contribution in [0.15, 0.2) is 24.3 Å². The van der Waals surface area contributed by atoms with Gasteiger partial charge in [-0.15, -0.1) is 0 Å². The maximum atomic E-state index is 14.5. The number of carbonyl (C=O) groups is 1. The Kier molecular flexibility index (Phi) is 14.4. The number of ether oxygens (including phenoxy) is 15. The van der Waals surface area contributed by atoms with Gasteiger partial charge in [0, 0.05) is 81.8 Å². The Morgan fingerprint density at radius 2 is 1.22 bits per heavy atom. The van der Waals surface area contributed by atoms with Crippen molar-refractivity contribution >= 4 is 5.97 Å². The van der Waals surface area contributed by atoms with Gasteiger partial charge >= 0.3 is 5.97 Å². The third kappa shape index (κ3) is 9.75. The van der Waals surface area contributed by atoms with E-state index in [1.807, 2.05) is 6.92 Å². The Balaban J connectivity index is 0.656. The third-order valence-electron chi connectivity index (χ3n) is 21.8. The molecule has 1 unspecified atom stereocenters. The van der Waals surface area contributed by atoms with Gasteiger partial charge in [0.15, 0.2) is 23.1 Å². The summed E-state index contributed by atoms with van der Waals surface area (Å²) >= 11 is 0. The van der Waals surface area contributed by atoms with E-state index in [1.165, 1.54) is 0 Å². The van der Waals surface area contributed by atoms with Crippen molar-refractivity contribution in [2.45, 2.75) is 316 Å². The van der Waals surface area contributed by atoms with Crippen molar-refractivity contribution in [3.8, 4) is 0 Å². The van der Waals surface area contributed by atoms with Crippen molar-refractivity contribution in [3.63, 3.8) is 0 Å². The Morgan fingerprint density at radius 1 is 0.549 bits per heavy atom. The molecule has 15 aliphatic heterocycles. The summed E-state index contributed by atoms with van der Waals surface area (Å²) < 4.78 is 101. The normalized spacial score (nSPS) is 57.2. The highest BCUT2D eigenvalue weighted by atomic mass is 16.8. The van der Waals surface area contributed by atoms with Crippen LogP contribution in [0.5, 0.6) is 0 Å². The summed E-state index contributed by atoms with van der Waals surface area (Å²) in [5.74, 6) is -6.55. The lowest BCUT2D eigenvalue weighted by molar-refractivity contribution is -0.358. The van der Waals surface area contributed by atoms with Gasteiger partial charge in [-0.05, 0) is 56.1 Å². The molecule has 15 saturated heterocycles. The number of nitrogens with two attached hydrogens (primary N) is 4. The van der Waals surface area contributed by atoms with E-state index < -0.39 is 170 Å². The van der Waals surface area contributed by atoms with E-state index >= 15 is 0 Å². The van der Waals surface area contributed by atoms with Crippen molar-refractivity contribution in [3.05, 3.63) is 24.3 Å². The number of rotatable bonds is 2. The number of aliphatic hydroxyl groups is 4. The fraction of sp³-hybridized carbons (Fsp3) is 0.914. The molecular formula is C58H86N4O20. The number of hydrogen-bond acceptors (Lipinski definition) is 24. The van der Waals surface area contributed by atoms with Gasteiger partial charge in [0.25, 0.3) is 0 Å². The summed E-state index contributed by atoms with van der Waals surface area (Å²) in [7, 11) is 0. The van der Waals surface area contributed by atoms with E-state index in [0.29, 0.717) is 96.3 Å². The van der Waals surface area contributed by atoms with Gasteiger partial charge in [0.1, 0.15) is 36.6 Å². The maximum Gasteiger partial charge on any atom is 0.308 e. The summed E-state index contributed by atoms with van der Waals surface area (Å²) in [4.78, 5) is 14.5. The van der Waals surface area contributed by atoms with Gasteiger partial charge in [-0.1, -0.05) is 20.1 Å². The maximum absolute atomic E-state index is 14.5. The topological polar surface area (TPSA) is 341 Å². The molecule has 15 rings (SSSR count). The molecule has 0 aromatic heterocycles. The van der Waals surface area contributed by atoms with E-state index in [0.717, 1.165) is 11.1 Å². The van der Waals surface area contributed by atoms with Crippen molar-refractivity contribution < 1.29 is 96.3 Å². The van der Waals surface area contributed by atoms with Gasteiger partial charge in [-0.3, -0.25) is 4.79 Å². The molecule has 32 atom stereocenters. The number of hydrogen-bond donors (Lipinski definition) is 8. The molecule has 15 aliphatic rings. The minimum atomic E-state index is -2.18. The highest BCUT2D eigenvalue weighted by Crippen LogP contribution is 2.56. The first kappa shape index (κ1) is 56.6. The minimum Gasteiger partial charge on any atom is -0.458 e. The van der Waals surface area contributed by atoms with Crippen LogP contribution in [0.4, 0.5) is 0 Å². The fourth-order valence-corrected chi connectivity index (χ4v) is 17.8. The van der Waals surface area contributed by atoms with Crippen molar-refractivity contribution in [1.82, 2.24) is 0 Å². The quantitative estimate of drug-likeness (QED) is 0.0995. The number of esters is 1. The van der Waals surface area contributed by atoms with Crippen LogP contribution in [-0.4, -0.2) is 227 Å². The molecule has 10 bridgehead atoms. The predicted octanol–water partition coefficient (Wildman–Crippen LogP) is -0.354. The van der Waals surface area contributed by atoms with Gasteiger partial charge < -0.3 is 114 Å². The predicted molar refractivity (Wildman–Crippen MR) is 279 cm³/mol. The molecule has 12 N–H and O–H groups in total. The SMILES string of the molecule is C=C1C[C@@H]2CC[C@]34CC(O)(O)C(O3)[C@@H]3O[C@H]5CC[C@H](CC(=O)O[C@@H]6[C@@H](N)[C@@H]7O[C@@H]8C[C@]9(C[C@@H]%10O[C@]%11(C[C@H](N)[C@@H]%12O[C@@H]%13C[C@@H]([C@@H](O)CO)O[C@@H]%13C[C@@H]%12O%11)C[C@H](N)[C@@H]%10O9)O[C@@H]8C[C@@H]7O[C@H]6C[C@H]6O[C@@H](CC[C@@H]1O2)C[C@@H](N)C6=C)O[C@@H]5[C@H](O4)[C@@H]3C. The Labute approximate surface area is 476 Å². The molecule has 0 saturated carbocycles. The molecule has 0 aromatic carbocycles. The summed E-state index contributed by atoms with van der Waals surface area (Å²) in [5, 5.41) is 42.8. The molecular weight excluding hydrogens is 1070 g/mol. The zero-order chi connectivity index (χ0) is 56.5. The van der Waals surface area contributed by atoms with E-state index in [2.05, 4.69) is 13.2 Å². The number of fused-ring (bicyclic) bond motifs is 14. The first-order valence-electron chi connectivity index (χ1n) is 30.8. The lowest BCUT2D eigenvalue weighted by atomic mass is 9.79. The Bertz CT molecular complexity index is 2470. The van der Waals surface area contributed by atoms with Gasteiger partial charge in [-0.2, -0.15) is 0 Å². The summed E-state index contributed by atoms with van der Waals surface area (Å²) in [6, 6.07) is -2.09. The van der Waals surface area contributed by atoms with Crippen LogP contribution >= 0.6 is 0 Å². The lowest BCUT2D eigenvalue weighted by Crippen LogP contribution is -2.67. The molecule has 0 aliphatic carbocycles. The zero-order valence-corrected chi connectivity index (χ0v) is 46.7. The fourth-order valence-electron chi connectivity index (χ4n) is 17.8. The van der Waals surface area contributed by atoms with Crippen LogP contribution in [-0.2, 0) is 75.8 Å². The van der Waals surface area contributed by atoms with Gasteiger partial charge in [-0.25, -0.2) is 0 Å². The highest BCUT2D eigenvalue weighted by molar-refractivity contribution is 5.70. The molecule has 15 heterocycles. The van der Waals surface area contributed by atoms with E-state index in [-0.39, 0.29) is 61.7 Å². The van der Waals surface area contributed by atoms with Crippen molar-refractivity contribution in [2.75, 3.05) is 6.61 Å². The summed E-state index contributed by atoms with van der Waals surface area (Å²) in [6.45, 7) is 10.4. The van der Waals surface area contributed by atoms with Crippen LogP contribution in [0.1, 0.15) is 122 Å². The van der Waals surface area contributed by atoms with Crippen LogP contribution < -0.4 is 22.9 Å². The van der Waals surface area contributed by atoms with Crippen LogP contribution in [0.25, 0.3) is 0 Å². The molecule has 24 heteroatoms. The molecule has 82 heavy (non-hydrogen) atoms. The molecule has 24 nitrogen and oxygen atoms in total. The second-order valence-corrected chi connectivity index (χ2v) is 27.4. The molecule has 458 valence electrons. The van der Waals surface area contributed by atoms with E-state index in [9.17, 15) is 25.2 Å². The number of aliphatic hydroxyl groups excluding tert-OH is 2. The minimum absolute atomic E-state index is 0.0760. The highest BCUT2D eigenvalue weighted by Gasteiger charge is 2.69.